The van der Waals surface area contributed by atoms with Gasteiger partial charge < -0.3 is 10.6 Å². The molecule has 0 spiro atoms. The molecule has 2 rings (SSSR count). The van der Waals surface area contributed by atoms with Gasteiger partial charge in [-0.3, -0.25) is 9.59 Å². The lowest BCUT2D eigenvalue weighted by atomic mass is 10.1. The van der Waals surface area contributed by atoms with Crippen LogP contribution >= 0.6 is 11.3 Å². The van der Waals surface area contributed by atoms with Gasteiger partial charge in [0.25, 0.3) is 5.91 Å². The van der Waals surface area contributed by atoms with E-state index in [1.165, 1.54) is 11.3 Å². The van der Waals surface area contributed by atoms with Crippen LogP contribution in [0.3, 0.4) is 0 Å². The molecular weight excluding hydrogens is 314 g/mol. The maximum absolute atomic E-state index is 12.2. The second-order valence-electron chi connectivity index (χ2n) is 5.99. The first-order valence-corrected chi connectivity index (χ1v) is 7.92. The number of carbonyl (C=O) groups is 2. The minimum absolute atomic E-state index is 0.0788. The van der Waals surface area contributed by atoms with Gasteiger partial charge in [-0.15, -0.1) is 11.3 Å². The normalized spacial score (nSPS) is 11.1. The molecule has 2 N–H and O–H groups in total. The zero-order valence-corrected chi connectivity index (χ0v) is 14.3. The highest BCUT2D eigenvalue weighted by molar-refractivity contribution is 7.17. The number of aromatic nitrogens is 3. The van der Waals surface area contributed by atoms with Crippen LogP contribution in [0.5, 0.6) is 0 Å². The SMILES string of the molecule is Cc1nc(-c2ncccn2)sc1C(=O)NCC(=O)NC(C)(C)C. The Balaban J connectivity index is 2.03. The summed E-state index contributed by atoms with van der Waals surface area (Å²) in [7, 11) is 0. The van der Waals surface area contributed by atoms with E-state index >= 15 is 0 Å². The van der Waals surface area contributed by atoms with E-state index in [1.54, 1.807) is 25.4 Å². The van der Waals surface area contributed by atoms with Crippen LogP contribution in [0.1, 0.15) is 36.1 Å². The molecule has 2 amide bonds. The monoisotopic (exact) mass is 333 g/mol. The van der Waals surface area contributed by atoms with E-state index in [9.17, 15) is 9.59 Å². The molecule has 2 aromatic heterocycles. The van der Waals surface area contributed by atoms with Crippen molar-refractivity contribution < 1.29 is 9.59 Å². The van der Waals surface area contributed by atoms with Gasteiger partial charge in [0, 0.05) is 17.9 Å². The summed E-state index contributed by atoms with van der Waals surface area (Å²) in [5, 5.41) is 5.97. The molecule has 0 bridgehead atoms. The summed E-state index contributed by atoms with van der Waals surface area (Å²) >= 11 is 1.21. The molecule has 0 aliphatic heterocycles. The van der Waals surface area contributed by atoms with Crippen LogP contribution < -0.4 is 10.6 Å². The number of carbonyl (C=O) groups excluding carboxylic acids is 2. The minimum atomic E-state index is -0.333. The van der Waals surface area contributed by atoms with Gasteiger partial charge in [0.15, 0.2) is 10.8 Å². The van der Waals surface area contributed by atoms with Gasteiger partial charge in [-0.25, -0.2) is 15.0 Å². The average Bonchev–Trinajstić information content (AvgIpc) is 2.86. The molecule has 2 heterocycles. The zero-order chi connectivity index (χ0) is 17.0. The van der Waals surface area contributed by atoms with Crippen molar-refractivity contribution in [3.8, 4) is 10.8 Å². The molecule has 0 unspecified atom stereocenters. The molecule has 0 aliphatic carbocycles. The number of amides is 2. The Morgan fingerprint density at radius 1 is 1.22 bits per heavy atom. The van der Waals surface area contributed by atoms with Crippen LogP contribution in [0, 0.1) is 6.92 Å². The molecule has 8 heteroatoms. The number of hydrogen-bond acceptors (Lipinski definition) is 6. The highest BCUT2D eigenvalue weighted by Gasteiger charge is 2.19. The first-order chi connectivity index (χ1) is 10.8. The van der Waals surface area contributed by atoms with Crippen molar-refractivity contribution in [1.82, 2.24) is 25.6 Å². The van der Waals surface area contributed by atoms with Gasteiger partial charge in [0.1, 0.15) is 4.88 Å². The topological polar surface area (TPSA) is 96.9 Å². The van der Waals surface area contributed by atoms with E-state index in [-0.39, 0.29) is 23.9 Å². The number of nitrogens with zero attached hydrogens (tertiary/aromatic N) is 3. The summed E-state index contributed by atoms with van der Waals surface area (Å²) in [4.78, 5) is 37.0. The predicted octanol–water partition coefficient (Wildman–Crippen LogP) is 1.55. The number of aryl methyl sites for hydroxylation is 1. The average molecular weight is 333 g/mol. The third kappa shape index (κ3) is 4.82. The van der Waals surface area contributed by atoms with Gasteiger partial charge in [-0.05, 0) is 33.8 Å². The number of nitrogens with one attached hydrogen (secondary N) is 2. The van der Waals surface area contributed by atoms with E-state index in [1.807, 2.05) is 20.8 Å². The number of thiazole rings is 1. The van der Waals surface area contributed by atoms with Gasteiger partial charge in [-0.2, -0.15) is 0 Å². The van der Waals surface area contributed by atoms with Crippen LogP contribution in [-0.2, 0) is 4.79 Å². The van der Waals surface area contributed by atoms with Crippen LogP contribution in [0.15, 0.2) is 18.5 Å². The third-order valence-corrected chi connectivity index (χ3v) is 3.84. The van der Waals surface area contributed by atoms with Crippen molar-refractivity contribution in [2.24, 2.45) is 0 Å². The fourth-order valence-electron chi connectivity index (χ4n) is 1.82. The van der Waals surface area contributed by atoms with Gasteiger partial charge in [0.05, 0.1) is 12.2 Å². The lowest BCUT2D eigenvalue weighted by Crippen LogP contribution is -2.45. The Labute approximate surface area is 138 Å². The van der Waals surface area contributed by atoms with E-state index in [4.69, 9.17) is 0 Å². The molecule has 0 saturated heterocycles. The molecule has 122 valence electrons. The summed E-state index contributed by atoms with van der Waals surface area (Å²) in [6.45, 7) is 7.31. The minimum Gasteiger partial charge on any atom is -0.350 e. The summed E-state index contributed by atoms with van der Waals surface area (Å²) < 4.78 is 0. The van der Waals surface area contributed by atoms with Crippen molar-refractivity contribution in [2.75, 3.05) is 6.54 Å². The van der Waals surface area contributed by atoms with Crippen LogP contribution in [0.2, 0.25) is 0 Å². The van der Waals surface area contributed by atoms with Crippen molar-refractivity contribution in [2.45, 2.75) is 33.2 Å². The molecule has 2 aromatic rings. The van der Waals surface area contributed by atoms with Crippen LogP contribution in [-0.4, -0.2) is 38.8 Å². The van der Waals surface area contributed by atoms with E-state index < -0.39 is 0 Å². The molecule has 0 aliphatic rings. The largest absolute Gasteiger partial charge is 0.350 e. The van der Waals surface area contributed by atoms with E-state index in [0.717, 1.165) is 0 Å². The Kier molecular flexibility index (Phi) is 5.05. The number of hydrogen-bond donors (Lipinski definition) is 2. The fraction of sp³-hybridized carbons (Fsp3) is 0.400. The second kappa shape index (κ2) is 6.82. The lowest BCUT2D eigenvalue weighted by molar-refractivity contribution is -0.121. The number of rotatable bonds is 4. The molecule has 0 saturated carbocycles. The third-order valence-electron chi connectivity index (χ3n) is 2.68. The first kappa shape index (κ1) is 17.0. The van der Waals surface area contributed by atoms with Gasteiger partial charge in [-0.1, -0.05) is 0 Å². The molecule has 0 fully saturated rings. The molecule has 0 aromatic carbocycles. The maximum atomic E-state index is 12.2. The smallest absolute Gasteiger partial charge is 0.263 e. The van der Waals surface area contributed by atoms with E-state index in [0.29, 0.717) is 21.4 Å². The van der Waals surface area contributed by atoms with Gasteiger partial charge >= 0.3 is 0 Å². The molecule has 0 atom stereocenters. The Morgan fingerprint density at radius 3 is 2.48 bits per heavy atom. The van der Waals surface area contributed by atoms with Crippen LogP contribution in [0.4, 0.5) is 0 Å². The first-order valence-electron chi connectivity index (χ1n) is 7.10. The predicted molar refractivity (Wildman–Crippen MR) is 88.1 cm³/mol. The lowest BCUT2D eigenvalue weighted by Gasteiger charge is -2.20. The maximum Gasteiger partial charge on any atom is 0.263 e. The summed E-state index contributed by atoms with van der Waals surface area (Å²) in [5.74, 6) is -0.0870. The highest BCUT2D eigenvalue weighted by atomic mass is 32.1. The Bertz CT molecular complexity index is 706. The Morgan fingerprint density at radius 2 is 1.87 bits per heavy atom. The molecule has 7 nitrogen and oxygen atoms in total. The Hall–Kier alpha value is -2.35. The van der Waals surface area contributed by atoms with Crippen molar-refractivity contribution in [3.63, 3.8) is 0 Å². The van der Waals surface area contributed by atoms with Gasteiger partial charge in [0.2, 0.25) is 5.91 Å². The second-order valence-corrected chi connectivity index (χ2v) is 6.99. The zero-order valence-electron chi connectivity index (χ0n) is 13.5. The highest BCUT2D eigenvalue weighted by Crippen LogP contribution is 2.24. The van der Waals surface area contributed by atoms with Crippen molar-refractivity contribution >= 4 is 23.2 Å². The summed E-state index contributed by atoms with van der Waals surface area (Å²) in [6.07, 6.45) is 3.24. The quantitative estimate of drug-likeness (QED) is 0.885. The van der Waals surface area contributed by atoms with Crippen LogP contribution in [0.25, 0.3) is 10.8 Å². The molecular formula is C15H19N5O2S. The van der Waals surface area contributed by atoms with Crippen molar-refractivity contribution in [3.05, 3.63) is 29.0 Å². The molecule has 0 radical (unpaired) electrons. The van der Waals surface area contributed by atoms with E-state index in [2.05, 4.69) is 25.6 Å². The molecule has 23 heavy (non-hydrogen) atoms. The standard InChI is InChI=1S/C15H19N5O2S/c1-9-11(13(22)18-8-10(21)20-15(2,3)4)23-14(19-9)12-16-6-5-7-17-12/h5-7H,8H2,1-4H3,(H,18,22)(H,20,21). The summed E-state index contributed by atoms with van der Waals surface area (Å²) in [5.41, 5.74) is 0.256. The van der Waals surface area contributed by atoms with Crippen molar-refractivity contribution in [1.29, 1.82) is 0 Å². The fourth-order valence-corrected chi connectivity index (χ4v) is 2.75. The summed E-state index contributed by atoms with van der Waals surface area (Å²) in [6, 6.07) is 1.71.